The number of carbonyl (C=O) groups excluding carboxylic acids is 1. The minimum Gasteiger partial charge on any atom is -0.370 e. The lowest BCUT2D eigenvalue weighted by Crippen LogP contribution is -2.24. The van der Waals surface area contributed by atoms with Crippen molar-refractivity contribution < 1.29 is 13.6 Å². The van der Waals surface area contributed by atoms with E-state index in [1.165, 1.54) is 6.07 Å². The van der Waals surface area contributed by atoms with Gasteiger partial charge in [0.25, 0.3) is 5.91 Å². The first-order valence-electron chi connectivity index (χ1n) is 6.93. The van der Waals surface area contributed by atoms with Crippen LogP contribution in [0.4, 0.5) is 8.78 Å². The number of pyridine rings is 1. The Morgan fingerprint density at radius 1 is 1.04 bits per heavy atom. The minimum atomic E-state index is -0.788. The summed E-state index contributed by atoms with van der Waals surface area (Å²) in [6, 6.07) is 9.71. The lowest BCUT2D eigenvalue weighted by atomic mass is 9.96. The zero-order valence-corrected chi connectivity index (χ0v) is 12.3. The Kier molecular flexibility index (Phi) is 3.91. The summed E-state index contributed by atoms with van der Waals surface area (Å²) in [6.07, 6.45) is 1.87. The Bertz CT molecular complexity index is 961. The fourth-order valence-electron chi connectivity index (χ4n) is 2.47. The van der Waals surface area contributed by atoms with Gasteiger partial charge in [-0.05, 0) is 28.5 Å². The monoisotopic (exact) mass is 326 g/mol. The number of nitrogens with two attached hydrogens (primary N) is 2. The molecular formula is C17H12F2N4O. The second-order valence-electron chi connectivity index (χ2n) is 5.06. The lowest BCUT2D eigenvalue weighted by Gasteiger charge is -2.09. The molecule has 0 bridgehead atoms. The highest BCUT2D eigenvalue weighted by Gasteiger charge is 2.15. The topological polar surface area (TPSA) is 94.4 Å². The number of fused-ring (bicyclic) bond motifs is 1. The highest BCUT2D eigenvalue weighted by Crippen LogP contribution is 2.32. The molecule has 3 aromatic rings. The van der Waals surface area contributed by atoms with E-state index in [4.69, 9.17) is 11.5 Å². The fraction of sp³-hybridized carbons (Fsp3) is 0. The molecule has 5 nitrogen and oxygen atoms in total. The standard InChI is InChI=1S/C17H12F2N4O/c18-13-7-22-8-14(19)15(13)11-3-1-2-9-4-5-10(6-12(9)11)16(24)23-17(20)21/h1-8H,(H4,20,21,23,24). The summed E-state index contributed by atoms with van der Waals surface area (Å²) in [6.45, 7) is 0. The average Bonchev–Trinajstić information content (AvgIpc) is 2.53. The lowest BCUT2D eigenvalue weighted by molar-refractivity contribution is 0.100. The van der Waals surface area contributed by atoms with Crippen molar-refractivity contribution in [3.8, 4) is 11.1 Å². The van der Waals surface area contributed by atoms with Crippen LogP contribution in [0.15, 0.2) is 53.8 Å². The van der Waals surface area contributed by atoms with Crippen LogP contribution in [0.5, 0.6) is 0 Å². The van der Waals surface area contributed by atoms with Crippen molar-refractivity contribution in [1.82, 2.24) is 4.98 Å². The Morgan fingerprint density at radius 2 is 1.75 bits per heavy atom. The van der Waals surface area contributed by atoms with E-state index in [1.54, 1.807) is 30.3 Å². The SMILES string of the molecule is NC(N)=NC(=O)c1ccc2cccc(-c3c(F)cncc3F)c2c1. The van der Waals surface area contributed by atoms with Gasteiger partial charge < -0.3 is 11.5 Å². The predicted molar refractivity (Wildman–Crippen MR) is 87.2 cm³/mol. The van der Waals surface area contributed by atoms with Crippen LogP contribution in [0.25, 0.3) is 21.9 Å². The zero-order valence-electron chi connectivity index (χ0n) is 12.3. The van der Waals surface area contributed by atoms with E-state index in [2.05, 4.69) is 9.98 Å². The summed E-state index contributed by atoms with van der Waals surface area (Å²) in [4.78, 5) is 18.9. The van der Waals surface area contributed by atoms with Crippen molar-refractivity contribution in [2.24, 2.45) is 16.5 Å². The van der Waals surface area contributed by atoms with Crippen molar-refractivity contribution in [2.75, 3.05) is 0 Å². The van der Waals surface area contributed by atoms with Crippen LogP contribution in [-0.2, 0) is 0 Å². The molecule has 1 amide bonds. The number of amides is 1. The first-order chi connectivity index (χ1) is 11.5. The second-order valence-corrected chi connectivity index (χ2v) is 5.06. The largest absolute Gasteiger partial charge is 0.370 e. The maximum absolute atomic E-state index is 14.1. The molecule has 0 aliphatic carbocycles. The second kappa shape index (κ2) is 6.04. The zero-order chi connectivity index (χ0) is 17.3. The Hall–Kier alpha value is -3.35. The van der Waals surface area contributed by atoms with E-state index in [0.717, 1.165) is 12.4 Å². The van der Waals surface area contributed by atoms with Crippen LogP contribution in [-0.4, -0.2) is 16.9 Å². The Morgan fingerprint density at radius 3 is 2.42 bits per heavy atom. The molecule has 0 fully saturated rings. The number of carbonyl (C=O) groups is 1. The van der Waals surface area contributed by atoms with Crippen molar-refractivity contribution in [1.29, 1.82) is 0 Å². The summed E-state index contributed by atoms with van der Waals surface area (Å²) in [7, 11) is 0. The first-order valence-corrected chi connectivity index (χ1v) is 6.93. The normalized spacial score (nSPS) is 10.6. The molecular weight excluding hydrogens is 314 g/mol. The minimum absolute atomic E-state index is 0.206. The molecule has 7 heteroatoms. The quantitative estimate of drug-likeness (QED) is 0.559. The van der Waals surface area contributed by atoms with Crippen LogP contribution >= 0.6 is 0 Å². The number of halogens is 2. The number of aromatic nitrogens is 1. The van der Waals surface area contributed by atoms with E-state index >= 15 is 0 Å². The highest BCUT2D eigenvalue weighted by atomic mass is 19.1. The van der Waals surface area contributed by atoms with E-state index in [0.29, 0.717) is 16.3 Å². The van der Waals surface area contributed by atoms with Gasteiger partial charge in [0, 0.05) is 5.56 Å². The van der Waals surface area contributed by atoms with E-state index in [1.807, 2.05) is 0 Å². The third kappa shape index (κ3) is 2.79. The van der Waals surface area contributed by atoms with E-state index < -0.39 is 17.5 Å². The first kappa shape index (κ1) is 15.5. The summed E-state index contributed by atoms with van der Waals surface area (Å²) < 4.78 is 28.1. The van der Waals surface area contributed by atoms with Gasteiger partial charge in [-0.15, -0.1) is 0 Å². The van der Waals surface area contributed by atoms with Crippen LogP contribution in [0.2, 0.25) is 0 Å². The molecule has 24 heavy (non-hydrogen) atoms. The van der Waals surface area contributed by atoms with Gasteiger partial charge >= 0.3 is 0 Å². The average molecular weight is 326 g/mol. The molecule has 1 heterocycles. The molecule has 0 saturated heterocycles. The summed E-state index contributed by atoms with van der Waals surface area (Å²) in [5, 5.41) is 1.21. The number of aliphatic imine (C=N–C) groups is 1. The number of hydrogen-bond acceptors (Lipinski definition) is 2. The van der Waals surface area contributed by atoms with Crippen molar-refractivity contribution in [3.05, 3.63) is 66.0 Å². The van der Waals surface area contributed by atoms with Crippen molar-refractivity contribution >= 4 is 22.6 Å². The molecule has 0 aliphatic heterocycles. The van der Waals surface area contributed by atoms with Gasteiger partial charge in [0.05, 0.1) is 18.0 Å². The maximum Gasteiger partial charge on any atom is 0.280 e. The third-order valence-electron chi connectivity index (χ3n) is 3.48. The van der Waals surface area contributed by atoms with Gasteiger partial charge in [-0.2, -0.15) is 4.99 Å². The smallest absolute Gasteiger partial charge is 0.280 e. The van der Waals surface area contributed by atoms with Gasteiger partial charge in [0.2, 0.25) is 0 Å². The van der Waals surface area contributed by atoms with Crippen molar-refractivity contribution in [3.63, 3.8) is 0 Å². The summed E-state index contributed by atoms with van der Waals surface area (Å²) in [5.41, 5.74) is 10.7. The van der Waals surface area contributed by atoms with Gasteiger partial charge in [0.15, 0.2) is 17.6 Å². The molecule has 1 aromatic heterocycles. The summed E-state index contributed by atoms with van der Waals surface area (Å²) >= 11 is 0. The van der Waals surface area contributed by atoms with Crippen LogP contribution in [0, 0.1) is 11.6 Å². The molecule has 0 aliphatic rings. The Balaban J connectivity index is 2.26. The molecule has 0 unspecified atom stereocenters. The molecule has 0 atom stereocenters. The van der Waals surface area contributed by atoms with Crippen molar-refractivity contribution in [2.45, 2.75) is 0 Å². The summed E-state index contributed by atoms with van der Waals surface area (Å²) in [5.74, 6) is -2.58. The molecule has 4 N–H and O–H groups in total. The van der Waals surface area contributed by atoms with Crippen LogP contribution < -0.4 is 11.5 Å². The molecule has 0 radical (unpaired) electrons. The number of benzene rings is 2. The van der Waals surface area contributed by atoms with Crippen LogP contribution in [0.1, 0.15) is 10.4 Å². The highest BCUT2D eigenvalue weighted by molar-refractivity contribution is 6.06. The maximum atomic E-state index is 14.1. The van der Waals surface area contributed by atoms with Gasteiger partial charge in [-0.3, -0.25) is 9.78 Å². The van der Waals surface area contributed by atoms with Gasteiger partial charge in [0.1, 0.15) is 0 Å². The fourth-order valence-corrected chi connectivity index (χ4v) is 2.47. The number of guanidine groups is 1. The molecule has 0 spiro atoms. The van der Waals surface area contributed by atoms with Crippen LogP contribution in [0.3, 0.4) is 0 Å². The number of hydrogen-bond donors (Lipinski definition) is 2. The number of rotatable bonds is 2. The van der Waals surface area contributed by atoms with E-state index in [9.17, 15) is 13.6 Å². The van der Waals surface area contributed by atoms with Gasteiger partial charge in [-0.25, -0.2) is 8.78 Å². The molecule has 2 aromatic carbocycles. The predicted octanol–water partition coefficient (Wildman–Crippen LogP) is 2.59. The molecule has 3 rings (SSSR count). The van der Waals surface area contributed by atoms with Gasteiger partial charge in [-0.1, -0.05) is 24.3 Å². The molecule has 120 valence electrons. The Labute approximate surface area is 135 Å². The van der Waals surface area contributed by atoms with E-state index in [-0.39, 0.29) is 17.1 Å². The third-order valence-corrected chi connectivity index (χ3v) is 3.48. The molecule has 0 saturated carbocycles. The number of nitrogens with zero attached hydrogens (tertiary/aromatic N) is 2.